The summed E-state index contributed by atoms with van der Waals surface area (Å²) in [5.74, 6) is 2.30. The average Bonchev–Trinajstić information content (AvgIpc) is 3.14. The lowest BCUT2D eigenvalue weighted by Crippen LogP contribution is -2.50. The molecule has 6 atom stereocenters. The molecule has 2 N–H and O–H groups in total. The minimum atomic E-state index is 0.0585. The predicted octanol–water partition coefficient (Wildman–Crippen LogP) is 3.77. The summed E-state index contributed by atoms with van der Waals surface area (Å²) in [5, 5.41) is 21.6. The van der Waals surface area contributed by atoms with Crippen molar-refractivity contribution in [3.05, 3.63) is 27.7 Å². The lowest BCUT2D eigenvalue weighted by molar-refractivity contribution is -0.0546. The molecule has 3 nitrogen and oxygen atoms in total. The number of hydrogen-bond donors (Lipinski definition) is 2. The molecule has 0 spiro atoms. The van der Waals surface area contributed by atoms with E-state index in [0.717, 1.165) is 30.7 Å². The summed E-state index contributed by atoms with van der Waals surface area (Å²) >= 11 is 1.83. The highest BCUT2D eigenvalue weighted by molar-refractivity contribution is 7.11. The van der Waals surface area contributed by atoms with Crippen molar-refractivity contribution in [1.29, 1.82) is 0 Å². The molecule has 3 aliphatic carbocycles. The first-order valence-corrected chi connectivity index (χ1v) is 10.6. The zero-order valence-corrected chi connectivity index (χ0v) is 16.3. The van der Waals surface area contributed by atoms with Gasteiger partial charge in [-0.25, -0.2) is 4.98 Å². The Morgan fingerprint density at radius 2 is 2.04 bits per heavy atom. The molecule has 2 fully saturated rings. The van der Waals surface area contributed by atoms with Gasteiger partial charge in [0.1, 0.15) is 0 Å². The number of aliphatic hydroxyl groups excluding tert-OH is 2. The molecule has 138 valence electrons. The normalized spacial score (nSPS) is 40.8. The van der Waals surface area contributed by atoms with Crippen LogP contribution in [0.4, 0.5) is 0 Å². The maximum Gasteiger partial charge on any atom is 0.0900 e. The van der Waals surface area contributed by atoms with Crippen molar-refractivity contribution >= 4 is 11.3 Å². The smallest absolute Gasteiger partial charge is 0.0900 e. The van der Waals surface area contributed by atoms with Crippen LogP contribution in [0.1, 0.15) is 48.2 Å². The Morgan fingerprint density at radius 3 is 2.76 bits per heavy atom. The van der Waals surface area contributed by atoms with Crippen LogP contribution < -0.4 is 0 Å². The van der Waals surface area contributed by atoms with Crippen LogP contribution in [0.3, 0.4) is 0 Å². The molecular weight excluding hydrogens is 330 g/mol. The quantitative estimate of drug-likeness (QED) is 0.806. The van der Waals surface area contributed by atoms with Crippen molar-refractivity contribution in [2.24, 2.45) is 35.0 Å². The van der Waals surface area contributed by atoms with Gasteiger partial charge in [0.25, 0.3) is 0 Å². The lowest BCUT2D eigenvalue weighted by Gasteiger charge is -2.53. The zero-order chi connectivity index (χ0) is 17.8. The fraction of sp³-hybridized carbons (Fsp3) is 0.762. The molecule has 0 radical (unpaired) electrons. The molecule has 4 heteroatoms. The molecule has 0 unspecified atom stereocenters. The molecule has 1 aromatic rings. The number of aryl methyl sites for hydroxylation is 1. The maximum atomic E-state index is 10.3. The molecule has 4 rings (SSSR count). The van der Waals surface area contributed by atoms with E-state index < -0.39 is 0 Å². The Morgan fingerprint density at radius 1 is 1.24 bits per heavy atom. The summed E-state index contributed by atoms with van der Waals surface area (Å²) in [6.45, 7) is 9.26. The highest BCUT2D eigenvalue weighted by atomic mass is 32.1. The Bertz CT molecular complexity index is 669. The van der Waals surface area contributed by atoms with Crippen LogP contribution in [0.2, 0.25) is 0 Å². The fourth-order valence-corrected chi connectivity index (χ4v) is 7.54. The molecule has 2 saturated carbocycles. The van der Waals surface area contributed by atoms with Gasteiger partial charge < -0.3 is 10.2 Å². The number of aromatic nitrogens is 1. The van der Waals surface area contributed by atoms with Gasteiger partial charge in [-0.3, -0.25) is 0 Å². The van der Waals surface area contributed by atoms with Crippen LogP contribution in [-0.4, -0.2) is 28.4 Å². The molecule has 0 aliphatic heterocycles. The van der Waals surface area contributed by atoms with Gasteiger partial charge in [0.15, 0.2) is 0 Å². The summed E-state index contributed by atoms with van der Waals surface area (Å²) in [6, 6.07) is 0. The van der Waals surface area contributed by atoms with Gasteiger partial charge in [-0.05, 0) is 80.5 Å². The van der Waals surface area contributed by atoms with Gasteiger partial charge in [0.05, 0.1) is 10.7 Å². The van der Waals surface area contributed by atoms with Crippen LogP contribution in [-0.2, 0) is 12.8 Å². The first kappa shape index (κ1) is 17.7. The van der Waals surface area contributed by atoms with Gasteiger partial charge in [-0.1, -0.05) is 19.1 Å². The minimum Gasteiger partial charge on any atom is -0.396 e. The number of fused-ring (bicyclic) bond motifs is 2. The van der Waals surface area contributed by atoms with E-state index in [0.29, 0.717) is 23.7 Å². The third-order valence-corrected chi connectivity index (χ3v) is 8.79. The fourth-order valence-electron chi connectivity index (χ4n) is 6.40. The van der Waals surface area contributed by atoms with Gasteiger partial charge in [0.2, 0.25) is 0 Å². The summed E-state index contributed by atoms with van der Waals surface area (Å²) in [7, 11) is 0. The van der Waals surface area contributed by atoms with E-state index in [2.05, 4.69) is 20.4 Å². The topological polar surface area (TPSA) is 53.4 Å². The zero-order valence-electron chi connectivity index (χ0n) is 15.5. The Balaban J connectivity index is 1.67. The first-order chi connectivity index (χ1) is 12.0. The third kappa shape index (κ3) is 2.72. The van der Waals surface area contributed by atoms with Crippen LogP contribution in [0.25, 0.3) is 0 Å². The second-order valence-electron chi connectivity index (χ2n) is 8.87. The van der Waals surface area contributed by atoms with E-state index in [-0.39, 0.29) is 24.5 Å². The van der Waals surface area contributed by atoms with Crippen molar-refractivity contribution < 1.29 is 10.2 Å². The van der Waals surface area contributed by atoms with E-state index >= 15 is 0 Å². The van der Waals surface area contributed by atoms with Crippen molar-refractivity contribution in [2.45, 2.75) is 52.4 Å². The number of nitrogens with zero attached hydrogens (tertiary/aromatic N) is 1. The van der Waals surface area contributed by atoms with E-state index in [1.54, 1.807) is 0 Å². The first-order valence-electron chi connectivity index (χ1n) is 9.82. The van der Waals surface area contributed by atoms with E-state index in [1.165, 1.54) is 29.0 Å². The van der Waals surface area contributed by atoms with Gasteiger partial charge in [-0.15, -0.1) is 11.3 Å². The SMILES string of the molecule is C=C1CC[C@H]2[C@H](CO)[C@@H]([C@@]3(C)Cc4sc(C)nc4C[C@@H]3CO)CC[C@H]12. The van der Waals surface area contributed by atoms with Gasteiger partial charge >= 0.3 is 0 Å². The van der Waals surface area contributed by atoms with Crippen molar-refractivity contribution in [3.8, 4) is 0 Å². The van der Waals surface area contributed by atoms with Crippen LogP contribution in [0, 0.1) is 41.9 Å². The monoisotopic (exact) mass is 361 g/mol. The highest BCUT2D eigenvalue weighted by Crippen LogP contribution is 2.58. The largest absolute Gasteiger partial charge is 0.396 e. The molecule has 1 aromatic heterocycles. The highest BCUT2D eigenvalue weighted by Gasteiger charge is 2.53. The van der Waals surface area contributed by atoms with Crippen molar-refractivity contribution in [1.82, 2.24) is 4.98 Å². The molecule has 1 heterocycles. The Hall–Kier alpha value is -0.710. The van der Waals surface area contributed by atoms with Crippen molar-refractivity contribution in [2.75, 3.05) is 13.2 Å². The third-order valence-electron chi connectivity index (χ3n) is 7.77. The number of aliphatic hydroxyl groups is 2. The predicted molar refractivity (Wildman–Crippen MR) is 102 cm³/mol. The second kappa shape index (κ2) is 6.47. The van der Waals surface area contributed by atoms with E-state index in [4.69, 9.17) is 4.98 Å². The molecule has 0 bridgehead atoms. The molecular formula is C21H31NO2S. The van der Waals surface area contributed by atoms with Crippen LogP contribution in [0.5, 0.6) is 0 Å². The number of hydrogen-bond acceptors (Lipinski definition) is 4. The van der Waals surface area contributed by atoms with Crippen LogP contribution >= 0.6 is 11.3 Å². The van der Waals surface area contributed by atoms with Crippen LogP contribution in [0.15, 0.2) is 12.2 Å². The Labute approximate surface area is 155 Å². The standard InChI is InChI=1S/C21H31NO2S/c1-12-4-5-16-15(12)6-7-18(17(16)11-24)21(3)9-20-19(8-14(21)10-23)22-13(2)25-20/h14-18,23-24H,1,4-11H2,2-3H3/t14-,15-,16-,17+,18+,21+/m1/s1. The minimum absolute atomic E-state index is 0.0585. The molecule has 0 amide bonds. The molecule has 0 aromatic carbocycles. The summed E-state index contributed by atoms with van der Waals surface area (Å²) in [6.07, 6.45) is 6.60. The van der Waals surface area contributed by atoms with Crippen molar-refractivity contribution in [3.63, 3.8) is 0 Å². The Kier molecular flexibility index (Phi) is 4.58. The van der Waals surface area contributed by atoms with Gasteiger partial charge in [0, 0.05) is 18.1 Å². The number of rotatable bonds is 3. The van der Waals surface area contributed by atoms with E-state index in [1.807, 2.05) is 11.3 Å². The summed E-state index contributed by atoms with van der Waals surface area (Å²) < 4.78 is 0. The number of allylic oxidation sites excluding steroid dienone is 1. The summed E-state index contributed by atoms with van der Waals surface area (Å²) in [5.41, 5.74) is 2.68. The second-order valence-corrected chi connectivity index (χ2v) is 10.2. The molecule has 0 saturated heterocycles. The average molecular weight is 362 g/mol. The lowest BCUT2D eigenvalue weighted by atomic mass is 9.52. The van der Waals surface area contributed by atoms with Gasteiger partial charge in [-0.2, -0.15) is 0 Å². The maximum absolute atomic E-state index is 10.3. The number of thiazole rings is 1. The molecule has 25 heavy (non-hydrogen) atoms. The molecule has 3 aliphatic rings. The van der Waals surface area contributed by atoms with E-state index in [9.17, 15) is 10.2 Å². The summed E-state index contributed by atoms with van der Waals surface area (Å²) in [4.78, 5) is 6.12.